The number of aromatic nitrogens is 1. The molecular formula is C25H19N4NaO4S2. The maximum absolute atomic E-state index is 12.2. The second kappa shape index (κ2) is 9.89. The number of hydrogen-bond donors (Lipinski definition) is 2. The molecule has 5 aromatic rings. The second-order valence-electron chi connectivity index (χ2n) is 8.13. The molecule has 0 spiro atoms. The Morgan fingerprint density at radius 1 is 1.00 bits per heavy atom. The summed E-state index contributed by atoms with van der Waals surface area (Å²) in [6, 6.07) is 17.3. The van der Waals surface area contributed by atoms with Gasteiger partial charge in [-0.2, -0.15) is 5.11 Å². The molecule has 1 aromatic heterocycles. The van der Waals surface area contributed by atoms with Crippen LogP contribution in [0.25, 0.3) is 31.6 Å². The molecule has 176 valence electrons. The van der Waals surface area contributed by atoms with Crippen LogP contribution in [0.5, 0.6) is 5.75 Å². The summed E-state index contributed by atoms with van der Waals surface area (Å²) in [7, 11) is -4.99. The average molecular weight is 527 g/mol. The zero-order valence-electron chi connectivity index (χ0n) is 19.7. The maximum Gasteiger partial charge on any atom is 1.00 e. The van der Waals surface area contributed by atoms with Crippen LogP contribution in [0.2, 0.25) is 0 Å². The first-order valence-electron chi connectivity index (χ1n) is 10.5. The van der Waals surface area contributed by atoms with Crippen molar-refractivity contribution in [2.75, 3.05) is 5.73 Å². The minimum absolute atomic E-state index is 0. The van der Waals surface area contributed by atoms with Gasteiger partial charge in [-0.3, -0.25) is 0 Å². The van der Waals surface area contributed by atoms with Crippen LogP contribution >= 0.6 is 11.3 Å². The topological polar surface area (TPSA) is 141 Å². The zero-order valence-corrected chi connectivity index (χ0v) is 23.3. The van der Waals surface area contributed by atoms with Crippen LogP contribution in [0.1, 0.15) is 11.1 Å². The number of aryl methyl sites for hydroxylation is 2. The van der Waals surface area contributed by atoms with E-state index in [4.69, 9.17) is 5.73 Å². The summed E-state index contributed by atoms with van der Waals surface area (Å²) in [5, 5.41) is 20.5. The Balaban J connectivity index is 0.00000304. The van der Waals surface area contributed by atoms with Gasteiger partial charge in [0.15, 0.2) is 5.75 Å². The van der Waals surface area contributed by atoms with Gasteiger partial charge in [-0.25, -0.2) is 13.4 Å². The van der Waals surface area contributed by atoms with Crippen LogP contribution in [-0.4, -0.2) is 23.1 Å². The molecule has 0 aliphatic carbocycles. The van der Waals surface area contributed by atoms with E-state index in [1.54, 1.807) is 24.3 Å². The SMILES string of the molecule is Cc1ccc(N=Nc2c(S(=O)(=O)[O-])cc3c(ccc4nc(-c5ccccc5N)sc43)c2O)c(C)c1.[Na+]. The Hall–Kier alpha value is -2.86. The number of thiazole rings is 1. The monoisotopic (exact) mass is 526 g/mol. The van der Waals surface area contributed by atoms with Crippen molar-refractivity contribution in [2.45, 2.75) is 18.7 Å². The van der Waals surface area contributed by atoms with Gasteiger partial charge < -0.3 is 15.4 Å². The molecule has 0 unspecified atom stereocenters. The third-order valence-electron chi connectivity index (χ3n) is 5.65. The fourth-order valence-corrected chi connectivity index (χ4v) is 5.69. The molecule has 36 heavy (non-hydrogen) atoms. The van der Waals surface area contributed by atoms with E-state index in [-0.39, 0.29) is 29.6 Å². The van der Waals surface area contributed by atoms with Crippen molar-refractivity contribution < 1.29 is 47.6 Å². The number of aromatic hydroxyl groups is 1. The first kappa shape index (κ1) is 26.2. The van der Waals surface area contributed by atoms with Crippen LogP contribution in [0.4, 0.5) is 17.1 Å². The Bertz CT molecular complexity index is 1780. The Morgan fingerprint density at radius 3 is 2.44 bits per heavy atom. The molecule has 0 bridgehead atoms. The fraction of sp³-hybridized carbons (Fsp3) is 0.0800. The molecule has 0 radical (unpaired) electrons. The summed E-state index contributed by atoms with van der Waals surface area (Å²) in [6.07, 6.45) is 0. The largest absolute Gasteiger partial charge is 1.00 e. The van der Waals surface area contributed by atoms with E-state index in [0.717, 1.165) is 16.7 Å². The van der Waals surface area contributed by atoms with Crippen LogP contribution in [0, 0.1) is 13.8 Å². The first-order chi connectivity index (χ1) is 16.6. The number of phenols is 1. The smallest absolute Gasteiger partial charge is 0.744 e. The molecule has 0 atom stereocenters. The number of anilines is 1. The summed E-state index contributed by atoms with van der Waals surface area (Å²) in [6.45, 7) is 3.77. The van der Waals surface area contributed by atoms with Crippen LogP contribution in [0.3, 0.4) is 0 Å². The second-order valence-corrected chi connectivity index (χ2v) is 10.5. The van der Waals surface area contributed by atoms with E-state index in [2.05, 4.69) is 15.2 Å². The van der Waals surface area contributed by atoms with E-state index in [1.165, 1.54) is 17.4 Å². The third-order valence-corrected chi connectivity index (χ3v) is 7.64. The quantitative estimate of drug-likeness (QED) is 0.159. The van der Waals surface area contributed by atoms with Gasteiger partial charge in [-0.1, -0.05) is 29.8 Å². The standard InChI is InChI=1S/C25H20N4O4S2.Na/c1-13-7-9-19(14(2)11-13)28-29-22-21(35(31,32)33)12-17-15(23(22)30)8-10-20-24(17)34-25(27-20)16-5-3-4-6-18(16)26;/h3-12,30H,26H2,1-2H3,(H,31,32,33);/q;+1/p-1. The molecule has 8 nitrogen and oxygen atoms in total. The normalized spacial score (nSPS) is 11.9. The summed E-state index contributed by atoms with van der Waals surface area (Å²) in [5.41, 5.74) is 9.91. The molecule has 3 N–H and O–H groups in total. The number of rotatable bonds is 4. The number of hydrogen-bond acceptors (Lipinski definition) is 9. The minimum atomic E-state index is -4.99. The molecule has 0 saturated heterocycles. The minimum Gasteiger partial charge on any atom is -0.744 e. The molecule has 5 rings (SSSR count). The van der Waals surface area contributed by atoms with Crippen LogP contribution < -0.4 is 35.3 Å². The molecule has 0 saturated carbocycles. The van der Waals surface area contributed by atoms with Gasteiger partial charge >= 0.3 is 29.6 Å². The van der Waals surface area contributed by atoms with Crippen molar-refractivity contribution in [3.8, 4) is 16.3 Å². The molecule has 11 heteroatoms. The fourth-order valence-electron chi connectivity index (χ4n) is 3.92. The summed E-state index contributed by atoms with van der Waals surface area (Å²) in [4.78, 5) is 3.96. The molecule has 0 fully saturated rings. The number of nitrogens with two attached hydrogens (primary N) is 1. The van der Waals surface area contributed by atoms with Crippen molar-refractivity contribution in [1.82, 2.24) is 4.98 Å². The van der Waals surface area contributed by atoms with Crippen molar-refractivity contribution >= 4 is 59.5 Å². The Labute approximate surface area is 233 Å². The van der Waals surface area contributed by atoms with Gasteiger partial charge in [0.1, 0.15) is 20.8 Å². The summed E-state index contributed by atoms with van der Waals surface area (Å²) < 4.78 is 37.2. The van der Waals surface area contributed by atoms with Crippen molar-refractivity contribution in [2.24, 2.45) is 10.2 Å². The number of para-hydroxylation sites is 1. The first-order valence-corrected chi connectivity index (χ1v) is 12.7. The van der Waals surface area contributed by atoms with Gasteiger partial charge in [0, 0.05) is 22.0 Å². The van der Waals surface area contributed by atoms with Crippen LogP contribution in [0.15, 0.2) is 75.8 Å². The Morgan fingerprint density at radius 2 is 1.75 bits per heavy atom. The molecule has 0 aliphatic heterocycles. The predicted octanol–water partition coefficient (Wildman–Crippen LogP) is 3.34. The zero-order chi connectivity index (χ0) is 24.9. The Kier molecular flexibility index (Phi) is 7.20. The number of nitrogen functional groups attached to an aromatic ring is 1. The summed E-state index contributed by atoms with van der Waals surface area (Å²) >= 11 is 1.29. The van der Waals surface area contributed by atoms with Gasteiger partial charge in [0.25, 0.3) is 0 Å². The van der Waals surface area contributed by atoms with Crippen molar-refractivity contribution in [3.05, 3.63) is 71.8 Å². The summed E-state index contributed by atoms with van der Waals surface area (Å²) in [5.74, 6) is -0.443. The van der Waals surface area contributed by atoms with Gasteiger partial charge in [-0.05, 0) is 55.8 Å². The molecule has 0 aliphatic rings. The van der Waals surface area contributed by atoms with Gasteiger partial charge in [-0.15, -0.1) is 16.5 Å². The molecule has 4 aromatic carbocycles. The van der Waals surface area contributed by atoms with E-state index < -0.39 is 26.5 Å². The van der Waals surface area contributed by atoms with Gasteiger partial charge in [0.2, 0.25) is 0 Å². The number of phenolic OH excluding ortho intramolecular Hbond substituents is 1. The number of benzene rings is 4. The number of fused-ring (bicyclic) bond motifs is 3. The van der Waals surface area contributed by atoms with E-state index >= 15 is 0 Å². The molecule has 0 amide bonds. The van der Waals surface area contributed by atoms with Crippen molar-refractivity contribution in [1.29, 1.82) is 0 Å². The number of nitrogens with zero attached hydrogens (tertiary/aromatic N) is 3. The molecular weight excluding hydrogens is 507 g/mol. The number of azo groups is 1. The predicted molar refractivity (Wildman–Crippen MR) is 137 cm³/mol. The van der Waals surface area contributed by atoms with E-state index in [9.17, 15) is 18.1 Å². The van der Waals surface area contributed by atoms with Crippen molar-refractivity contribution in [3.63, 3.8) is 0 Å². The van der Waals surface area contributed by atoms with E-state index in [0.29, 0.717) is 37.4 Å². The third kappa shape index (κ3) is 4.75. The van der Waals surface area contributed by atoms with Gasteiger partial charge in [0.05, 0.1) is 20.8 Å². The van der Waals surface area contributed by atoms with E-state index in [1.807, 2.05) is 44.2 Å². The average Bonchev–Trinajstić information content (AvgIpc) is 3.23. The molecule has 1 heterocycles. The van der Waals surface area contributed by atoms with Crippen LogP contribution in [-0.2, 0) is 10.1 Å². The maximum atomic E-state index is 12.2.